The lowest BCUT2D eigenvalue weighted by molar-refractivity contribution is 0.462. The van der Waals surface area contributed by atoms with Crippen LogP contribution in [0.15, 0.2) is 12.1 Å². The lowest BCUT2D eigenvalue weighted by Gasteiger charge is -2.25. The van der Waals surface area contributed by atoms with E-state index in [9.17, 15) is 5.11 Å². The second-order valence-corrected chi connectivity index (χ2v) is 3.99. The molecule has 0 bridgehead atoms. The van der Waals surface area contributed by atoms with Gasteiger partial charge in [0.05, 0.1) is 0 Å². The molecule has 76 valence electrons. The summed E-state index contributed by atoms with van der Waals surface area (Å²) in [6.07, 6.45) is 4.19. The summed E-state index contributed by atoms with van der Waals surface area (Å²) >= 11 is 0. The second-order valence-electron chi connectivity index (χ2n) is 3.99. The minimum absolute atomic E-state index is 0.126. The van der Waals surface area contributed by atoms with Crippen molar-refractivity contribution in [2.75, 3.05) is 0 Å². The van der Waals surface area contributed by atoms with Crippen LogP contribution in [0, 0.1) is 0 Å². The van der Waals surface area contributed by atoms with Crippen LogP contribution in [0.1, 0.15) is 42.5 Å². The third-order valence-corrected chi connectivity index (χ3v) is 3.11. The number of aromatic hydroxyl groups is 1. The summed E-state index contributed by atoms with van der Waals surface area (Å²) in [5, 5.41) is 9.73. The molecule has 3 N–H and O–H groups in total. The predicted molar refractivity (Wildman–Crippen MR) is 57.4 cm³/mol. The van der Waals surface area contributed by atoms with Crippen molar-refractivity contribution in [3.8, 4) is 5.75 Å². The highest BCUT2D eigenvalue weighted by Crippen LogP contribution is 2.35. The van der Waals surface area contributed by atoms with Crippen LogP contribution >= 0.6 is 0 Å². The number of phenolic OH excluding ortho intramolecular Hbond substituents is 1. The zero-order valence-corrected chi connectivity index (χ0v) is 8.59. The Morgan fingerprint density at radius 2 is 2.29 bits per heavy atom. The van der Waals surface area contributed by atoms with Crippen LogP contribution in [0.2, 0.25) is 0 Å². The molecule has 0 spiro atoms. The summed E-state index contributed by atoms with van der Waals surface area (Å²) in [5.41, 5.74) is 9.67. The van der Waals surface area contributed by atoms with Crippen molar-refractivity contribution in [3.63, 3.8) is 0 Å². The van der Waals surface area contributed by atoms with Gasteiger partial charge in [0.15, 0.2) is 0 Å². The van der Waals surface area contributed by atoms with Crippen molar-refractivity contribution in [2.45, 2.75) is 38.6 Å². The highest BCUT2D eigenvalue weighted by atomic mass is 16.3. The Bertz CT molecular complexity index is 346. The number of fused-ring (bicyclic) bond motifs is 1. The smallest absolute Gasteiger partial charge is 0.119 e. The molecule has 1 aromatic rings. The van der Waals surface area contributed by atoms with Gasteiger partial charge in [0, 0.05) is 6.04 Å². The molecule has 0 aromatic heterocycles. The number of hydrogen-bond donors (Lipinski definition) is 2. The van der Waals surface area contributed by atoms with Gasteiger partial charge in [-0.2, -0.15) is 0 Å². The molecule has 1 atom stereocenters. The van der Waals surface area contributed by atoms with Gasteiger partial charge < -0.3 is 10.8 Å². The second kappa shape index (κ2) is 3.62. The van der Waals surface area contributed by atoms with Gasteiger partial charge in [-0.3, -0.25) is 0 Å². The molecule has 0 aliphatic heterocycles. The third-order valence-electron chi connectivity index (χ3n) is 3.11. The van der Waals surface area contributed by atoms with Crippen LogP contribution in [0.25, 0.3) is 0 Å². The quantitative estimate of drug-likeness (QED) is 0.715. The summed E-state index contributed by atoms with van der Waals surface area (Å²) < 4.78 is 0. The van der Waals surface area contributed by atoms with Gasteiger partial charge in [0.2, 0.25) is 0 Å². The average molecular weight is 191 g/mol. The van der Waals surface area contributed by atoms with Crippen molar-refractivity contribution in [2.24, 2.45) is 5.73 Å². The van der Waals surface area contributed by atoms with Crippen LogP contribution in [0.4, 0.5) is 0 Å². The first-order chi connectivity index (χ1) is 6.74. The van der Waals surface area contributed by atoms with Gasteiger partial charge >= 0.3 is 0 Å². The number of hydrogen-bond acceptors (Lipinski definition) is 2. The Kier molecular flexibility index (Phi) is 2.46. The van der Waals surface area contributed by atoms with E-state index < -0.39 is 0 Å². The Hall–Kier alpha value is -1.02. The number of aryl methyl sites for hydroxylation is 1. The number of nitrogens with two attached hydrogens (primary N) is 1. The van der Waals surface area contributed by atoms with Crippen LogP contribution in [0.5, 0.6) is 5.75 Å². The van der Waals surface area contributed by atoms with E-state index in [1.807, 2.05) is 6.07 Å². The average Bonchev–Trinajstić information content (AvgIpc) is 2.19. The molecule has 2 rings (SSSR count). The van der Waals surface area contributed by atoms with Gasteiger partial charge in [-0.25, -0.2) is 0 Å². The fraction of sp³-hybridized carbons (Fsp3) is 0.500. The molecule has 0 radical (unpaired) electrons. The summed E-state index contributed by atoms with van der Waals surface area (Å²) in [6, 6.07) is 3.94. The van der Waals surface area contributed by atoms with Crippen molar-refractivity contribution >= 4 is 0 Å². The maximum atomic E-state index is 9.73. The molecule has 1 aliphatic carbocycles. The van der Waals surface area contributed by atoms with E-state index in [2.05, 4.69) is 6.92 Å². The molecule has 2 nitrogen and oxygen atoms in total. The molecule has 14 heavy (non-hydrogen) atoms. The fourth-order valence-corrected chi connectivity index (χ4v) is 2.41. The maximum absolute atomic E-state index is 9.73. The predicted octanol–water partition coefficient (Wildman–Crippen LogP) is 2.29. The van der Waals surface area contributed by atoms with E-state index in [0.29, 0.717) is 5.75 Å². The molecule has 0 fully saturated rings. The topological polar surface area (TPSA) is 46.2 Å². The molecule has 0 saturated carbocycles. The Labute approximate surface area is 84.7 Å². The van der Waals surface area contributed by atoms with Gasteiger partial charge in [0.25, 0.3) is 0 Å². The molecule has 0 unspecified atom stereocenters. The minimum Gasteiger partial charge on any atom is -0.508 e. The van der Waals surface area contributed by atoms with Crippen molar-refractivity contribution in [1.82, 2.24) is 0 Å². The van der Waals surface area contributed by atoms with Crippen molar-refractivity contribution in [3.05, 3.63) is 28.8 Å². The van der Waals surface area contributed by atoms with Crippen LogP contribution in [-0.4, -0.2) is 5.11 Å². The highest BCUT2D eigenvalue weighted by Gasteiger charge is 2.21. The zero-order valence-electron chi connectivity index (χ0n) is 8.59. The molecule has 1 aromatic carbocycles. The fourth-order valence-electron chi connectivity index (χ4n) is 2.41. The van der Waals surface area contributed by atoms with Gasteiger partial charge in [-0.1, -0.05) is 13.0 Å². The van der Waals surface area contributed by atoms with Gasteiger partial charge in [0.1, 0.15) is 5.75 Å². The van der Waals surface area contributed by atoms with Gasteiger partial charge in [-0.05, 0) is 48.4 Å². The normalized spacial score (nSPS) is 20.6. The monoisotopic (exact) mass is 191 g/mol. The molecule has 0 heterocycles. The van der Waals surface area contributed by atoms with Crippen LogP contribution < -0.4 is 5.73 Å². The first kappa shape index (κ1) is 9.53. The van der Waals surface area contributed by atoms with E-state index in [-0.39, 0.29) is 6.04 Å². The maximum Gasteiger partial charge on any atom is 0.119 e. The van der Waals surface area contributed by atoms with E-state index >= 15 is 0 Å². The van der Waals surface area contributed by atoms with E-state index in [0.717, 1.165) is 24.8 Å². The summed E-state index contributed by atoms with van der Waals surface area (Å²) in [4.78, 5) is 0. The van der Waals surface area contributed by atoms with Gasteiger partial charge in [-0.15, -0.1) is 0 Å². The van der Waals surface area contributed by atoms with Crippen molar-refractivity contribution in [1.29, 1.82) is 0 Å². The number of phenols is 1. The Morgan fingerprint density at radius 3 is 3.00 bits per heavy atom. The molecule has 0 amide bonds. The first-order valence-corrected chi connectivity index (χ1v) is 5.33. The molecule has 0 saturated heterocycles. The highest BCUT2D eigenvalue weighted by molar-refractivity contribution is 5.47. The standard InChI is InChI=1S/C12H17NO/c1-2-9-11(14)7-6-8-4-3-5-10(13)12(8)9/h6-7,10,14H,2-5,13H2,1H3/t10-/m1/s1. The lowest BCUT2D eigenvalue weighted by atomic mass is 9.84. The van der Waals surface area contributed by atoms with E-state index in [1.54, 1.807) is 6.07 Å². The number of benzene rings is 1. The summed E-state index contributed by atoms with van der Waals surface area (Å²) in [5.74, 6) is 0.406. The first-order valence-electron chi connectivity index (χ1n) is 5.33. The largest absolute Gasteiger partial charge is 0.508 e. The van der Waals surface area contributed by atoms with E-state index in [1.165, 1.54) is 17.5 Å². The summed E-state index contributed by atoms with van der Waals surface area (Å²) in [7, 11) is 0. The number of rotatable bonds is 1. The third kappa shape index (κ3) is 1.40. The molecular weight excluding hydrogens is 174 g/mol. The SMILES string of the molecule is CCc1c(O)ccc2c1[C@H](N)CCC2. The lowest BCUT2D eigenvalue weighted by Crippen LogP contribution is -2.19. The summed E-state index contributed by atoms with van der Waals surface area (Å²) in [6.45, 7) is 2.07. The van der Waals surface area contributed by atoms with E-state index in [4.69, 9.17) is 5.73 Å². The van der Waals surface area contributed by atoms with Crippen LogP contribution in [-0.2, 0) is 12.8 Å². The molecule has 1 aliphatic rings. The zero-order chi connectivity index (χ0) is 10.1. The molecule has 2 heteroatoms. The van der Waals surface area contributed by atoms with Crippen molar-refractivity contribution < 1.29 is 5.11 Å². The van der Waals surface area contributed by atoms with Crippen LogP contribution in [0.3, 0.4) is 0 Å². The Balaban J connectivity index is 2.57. The minimum atomic E-state index is 0.126. The Morgan fingerprint density at radius 1 is 1.50 bits per heavy atom. The molecular formula is C12H17NO.